The number of likely N-dealkylation sites (tertiary alicyclic amines) is 1. The van der Waals surface area contributed by atoms with Crippen molar-refractivity contribution in [1.82, 2.24) is 15.1 Å². The Morgan fingerprint density at radius 1 is 1.14 bits per heavy atom. The standard InChI is InChI=1S/C17H31N3O2/c1-13-10-19(11-14(2)22-13)12-16-7-4-8-20(16)17(21)18-9-15-5-3-6-15/h13-16H,3-12H2,1-2H3,(H,18,21)/t13-,14+,16-/m1/s1. The molecule has 5 heteroatoms. The summed E-state index contributed by atoms with van der Waals surface area (Å²) in [6.45, 7) is 9.02. The van der Waals surface area contributed by atoms with E-state index in [9.17, 15) is 4.79 Å². The van der Waals surface area contributed by atoms with E-state index in [1.165, 1.54) is 19.3 Å². The summed E-state index contributed by atoms with van der Waals surface area (Å²) in [5.74, 6) is 0.728. The topological polar surface area (TPSA) is 44.8 Å². The van der Waals surface area contributed by atoms with Crippen molar-refractivity contribution in [3.05, 3.63) is 0 Å². The smallest absolute Gasteiger partial charge is 0.317 e. The molecule has 2 aliphatic heterocycles. The van der Waals surface area contributed by atoms with Crippen molar-refractivity contribution in [3.8, 4) is 0 Å². The Labute approximate surface area is 134 Å². The van der Waals surface area contributed by atoms with E-state index >= 15 is 0 Å². The quantitative estimate of drug-likeness (QED) is 0.865. The van der Waals surface area contributed by atoms with E-state index in [0.29, 0.717) is 18.2 Å². The van der Waals surface area contributed by atoms with Crippen molar-refractivity contribution >= 4 is 6.03 Å². The van der Waals surface area contributed by atoms with Crippen molar-refractivity contribution in [2.24, 2.45) is 5.92 Å². The third-order valence-electron chi connectivity index (χ3n) is 5.37. The van der Waals surface area contributed by atoms with Crippen LogP contribution >= 0.6 is 0 Å². The molecule has 22 heavy (non-hydrogen) atoms. The number of urea groups is 1. The third kappa shape index (κ3) is 3.93. The van der Waals surface area contributed by atoms with Crippen molar-refractivity contribution < 1.29 is 9.53 Å². The van der Waals surface area contributed by atoms with Crippen molar-refractivity contribution in [1.29, 1.82) is 0 Å². The largest absolute Gasteiger partial charge is 0.373 e. The van der Waals surface area contributed by atoms with E-state index < -0.39 is 0 Å². The molecule has 126 valence electrons. The van der Waals surface area contributed by atoms with Crippen molar-refractivity contribution in [3.63, 3.8) is 0 Å². The van der Waals surface area contributed by atoms with Gasteiger partial charge in [0.05, 0.1) is 12.2 Å². The number of ether oxygens (including phenoxy) is 1. The van der Waals surface area contributed by atoms with Gasteiger partial charge in [-0.15, -0.1) is 0 Å². The molecular weight excluding hydrogens is 278 g/mol. The molecule has 0 bridgehead atoms. The Hall–Kier alpha value is -0.810. The number of carbonyl (C=O) groups excluding carboxylic acids is 1. The molecule has 3 rings (SSSR count). The number of hydrogen-bond donors (Lipinski definition) is 1. The van der Waals surface area contributed by atoms with E-state index in [1.54, 1.807) is 0 Å². The average molecular weight is 309 g/mol. The van der Waals surface area contributed by atoms with E-state index in [2.05, 4.69) is 29.0 Å². The predicted molar refractivity (Wildman–Crippen MR) is 86.9 cm³/mol. The number of morpholine rings is 1. The molecule has 3 atom stereocenters. The van der Waals surface area contributed by atoms with Gasteiger partial charge in [-0.2, -0.15) is 0 Å². The first kappa shape index (κ1) is 16.1. The molecule has 1 saturated carbocycles. The van der Waals surface area contributed by atoms with Crippen LogP contribution in [0.15, 0.2) is 0 Å². The van der Waals surface area contributed by atoms with Gasteiger partial charge < -0.3 is 15.0 Å². The maximum absolute atomic E-state index is 12.4. The van der Waals surface area contributed by atoms with Crippen LogP contribution in [0.1, 0.15) is 46.0 Å². The summed E-state index contributed by atoms with van der Waals surface area (Å²) >= 11 is 0. The van der Waals surface area contributed by atoms with Crippen LogP contribution in [0.4, 0.5) is 4.79 Å². The second-order valence-electron chi connectivity index (χ2n) is 7.45. The predicted octanol–water partition coefficient (Wildman–Crippen LogP) is 2.07. The van der Waals surface area contributed by atoms with E-state index in [1.807, 2.05) is 0 Å². The van der Waals surface area contributed by atoms with E-state index in [4.69, 9.17) is 4.74 Å². The molecule has 0 aromatic heterocycles. The molecule has 0 unspecified atom stereocenters. The summed E-state index contributed by atoms with van der Waals surface area (Å²) in [6, 6.07) is 0.530. The Balaban J connectivity index is 1.48. The van der Waals surface area contributed by atoms with Crippen LogP contribution in [0.3, 0.4) is 0 Å². The lowest BCUT2D eigenvalue weighted by Gasteiger charge is -2.38. The highest BCUT2D eigenvalue weighted by atomic mass is 16.5. The number of rotatable bonds is 4. The Kier molecular flexibility index (Phi) is 5.24. The minimum Gasteiger partial charge on any atom is -0.373 e. The molecule has 5 nitrogen and oxygen atoms in total. The van der Waals surface area contributed by atoms with Gasteiger partial charge in [0.25, 0.3) is 0 Å². The molecular formula is C17H31N3O2. The minimum absolute atomic E-state index is 0.156. The lowest BCUT2D eigenvalue weighted by atomic mass is 9.85. The summed E-state index contributed by atoms with van der Waals surface area (Å²) in [7, 11) is 0. The Morgan fingerprint density at radius 3 is 2.50 bits per heavy atom. The van der Waals surface area contributed by atoms with Crippen LogP contribution in [0.5, 0.6) is 0 Å². The monoisotopic (exact) mass is 309 g/mol. The first-order chi connectivity index (χ1) is 10.6. The minimum atomic E-state index is 0.156. The highest BCUT2D eigenvalue weighted by molar-refractivity contribution is 5.74. The van der Waals surface area contributed by atoms with Gasteiger partial charge in [-0.3, -0.25) is 4.90 Å². The molecule has 2 saturated heterocycles. The molecule has 3 aliphatic rings. The van der Waals surface area contributed by atoms with Crippen LogP contribution in [-0.2, 0) is 4.74 Å². The number of hydrogen-bond acceptors (Lipinski definition) is 3. The lowest BCUT2D eigenvalue weighted by molar-refractivity contribution is -0.0713. The zero-order chi connectivity index (χ0) is 15.5. The van der Waals surface area contributed by atoms with E-state index in [-0.39, 0.29) is 6.03 Å². The Bertz CT molecular complexity index is 376. The summed E-state index contributed by atoms with van der Waals surface area (Å²) in [6.07, 6.45) is 6.77. The summed E-state index contributed by atoms with van der Waals surface area (Å²) in [5, 5.41) is 3.16. The normalized spacial score (nSPS) is 33.7. The third-order valence-corrected chi connectivity index (χ3v) is 5.37. The zero-order valence-corrected chi connectivity index (χ0v) is 14.1. The molecule has 1 aliphatic carbocycles. The number of nitrogens with one attached hydrogen (secondary N) is 1. The van der Waals surface area contributed by atoms with Gasteiger partial charge in [0.1, 0.15) is 0 Å². The van der Waals surface area contributed by atoms with Crippen LogP contribution in [-0.4, -0.2) is 66.8 Å². The molecule has 2 heterocycles. The van der Waals surface area contributed by atoms with E-state index in [0.717, 1.165) is 51.5 Å². The fraction of sp³-hybridized carbons (Fsp3) is 0.941. The SMILES string of the molecule is C[C@@H]1CN(C[C@H]2CCCN2C(=O)NCC2CCC2)C[C@H](C)O1. The highest BCUT2D eigenvalue weighted by Gasteiger charge is 2.32. The molecule has 0 spiro atoms. The van der Waals surface area contributed by atoms with Gasteiger partial charge in [-0.1, -0.05) is 6.42 Å². The lowest BCUT2D eigenvalue weighted by Crippen LogP contribution is -2.52. The van der Waals surface area contributed by atoms with Gasteiger partial charge >= 0.3 is 6.03 Å². The number of carbonyl (C=O) groups is 1. The number of amides is 2. The number of nitrogens with zero attached hydrogens (tertiary/aromatic N) is 2. The van der Waals surface area contributed by atoms with Gasteiger partial charge in [0, 0.05) is 38.8 Å². The van der Waals surface area contributed by atoms with Crippen LogP contribution in [0.2, 0.25) is 0 Å². The maximum atomic E-state index is 12.4. The molecule has 0 aromatic rings. The second kappa shape index (κ2) is 7.18. The van der Waals surface area contributed by atoms with Crippen LogP contribution in [0.25, 0.3) is 0 Å². The van der Waals surface area contributed by atoms with Crippen LogP contribution in [0, 0.1) is 5.92 Å². The molecule has 0 radical (unpaired) electrons. The Morgan fingerprint density at radius 2 is 1.86 bits per heavy atom. The molecule has 2 amide bonds. The molecule has 1 N–H and O–H groups in total. The average Bonchev–Trinajstić information content (AvgIpc) is 2.83. The summed E-state index contributed by atoms with van der Waals surface area (Å²) in [4.78, 5) is 17.0. The first-order valence-corrected chi connectivity index (χ1v) is 9.04. The maximum Gasteiger partial charge on any atom is 0.317 e. The second-order valence-corrected chi connectivity index (χ2v) is 7.45. The van der Waals surface area contributed by atoms with Crippen molar-refractivity contribution in [2.75, 3.05) is 32.7 Å². The first-order valence-electron chi connectivity index (χ1n) is 9.04. The zero-order valence-electron chi connectivity index (χ0n) is 14.1. The molecule has 0 aromatic carbocycles. The van der Waals surface area contributed by atoms with Crippen molar-refractivity contribution in [2.45, 2.75) is 64.2 Å². The highest BCUT2D eigenvalue weighted by Crippen LogP contribution is 2.26. The fourth-order valence-electron chi connectivity index (χ4n) is 4.05. The summed E-state index contributed by atoms with van der Waals surface area (Å²) in [5.41, 5.74) is 0. The fourth-order valence-corrected chi connectivity index (χ4v) is 4.05. The van der Waals surface area contributed by atoms with Gasteiger partial charge in [-0.25, -0.2) is 4.79 Å². The van der Waals surface area contributed by atoms with Gasteiger partial charge in [0.2, 0.25) is 0 Å². The van der Waals surface area contributed by atoms with Gasteiger partial charge in [0.15, 0.2) is 0 Å². The van der Waals surface area contributed by atoms with Crippen LogP contribution < -0.4 is 5.32 Å². The molecule has 3 fully saturated rings. The van der Waals surface area contributed by atoms with Gasteiger partial charge in [-0.05, 0) is 45.4 Å². The summed E-state index contributed by atoms with van der Waals surface area (Å²) < 4.78 is 5.80.